The molecule has 1 saturated heterocycles. The lowest BCUT2D eigenvalue weighted by atomic mass is 10.1. The van der Waals surface area contributed by atoms with Crippen LogP contribution >= 0.6 is 11.8 Å². The summed E-state index contributed by atoms with van der Waals surface area (Å²) in [5.41, 5.74) is 2.33. The molecule has 0 aromatic heterocycles. The van der Waals surface area contributed by atoms with Gasteiger partial charge in [-0.15, -0.1) is 0 Å². The first-order chi connectivity index (χ1) is 10.5. The Morgan fingerprint density at radius 1 is 1.09 bits per heavy atom. The number of amides is 2. The molecule has 0 saturated carbocycles. The van der Waals surface area contributed by atoms with Crippen LogP contribution in [0.2, 0.25) is 0 Å². The summed E-state index contributed by atoms with van der Waals surface area (Å²) in [4.78, 5) is 26.0. The van der Waals surface area contributed by atoms with E-state index in [1.54, 1.807) is 18.2 Å². The highest BCUT2D eigenvalue weighted by Crippen LogP contribution is 2.36. The summed E-state index contributed by atoms with van der Waals surface area (Å²) in [6.07, 6.45) is 1.71. The summed E-state index contributed by atoms with van der Waals surface area (Å²) in [6.45, 7) is 1.97. The van der Waals surface area contributed by atoms with E-state index in [9.17, 15) is 14.7 Å². The molecule has 0 spiro atoms. The van der Waals surface area contributed by atoms with Crippen molar-refractivity contribution in [2.75, 3.05) is 4.90 Å². The average Bonchev–Trinajstić information content (AvgIpc) is 2.73. The number of rotatable bonds is 2. The molecule has 2 amide bonds. The number of thioether (sulfide) groups is 1. The summed E-state index contributed by atoms with van der Waals surface area (Å²) >= 11 is 0.900. The molecule has 0 radical (unpaired) electrons. The van der Waals surface area contributed by atoms with E-state index < -0.39 is 0 Å². The van der Waals surface area contributed by atoms with Crippen LogP contribution < -0.4 is 4.90 Å². The molecule has 3 rings (SSSR count). The van der Waals surface area contributed by atoms with E-state index in [0.717, 1.165) is 27.8 Å². The molecule has 22 heavy (non-hydrogen) atoms. The quantitative estimate of drug-likeness (QED) is 0.853. The largest absolute Gasteiger partial charge is 0.508 e. The maximum atomic E-state index is 12.5. The number of carbonyl (C=O) groups excluding carboxylic acids is 2. The third kappa shape index (κ3) is 2.76. The van der Waals surface area contributed by atoms with Crippen molar-refractivity contribution in [1.29, 1.82) is 0 Å². The SMILES string of the molecule is Cc1cccc(C=C2SC(=O)N(c3cccc(O)c3)C2=O)c1. The highest BCUT2D eigenvalue weighted by molar-refractivity contribution is 8.19. The normalized spacial score (nSPS) is 16.6. The Hall–Kier alpha value is -2.53. The molecule has 2 aromatic carbocycles. The first-order valence-corrected chi connectivity index (χ1v) is 7.50. The van der Waals surface area contributed by atoms with Crippen molar-refractivity contribution in [2.45, 2.75) is 6.92 Å². The zero-order valence-corrected chi connectivity index (χ0v) is 12.6. The lowest BCUT2D eigenvalue weighted by Gasteiger charge is -2.12. The second-order valence-electron chi connectivity index (χ2n) is 4.95. The summed E-state index contributed by atoms with van der Waals surface area (Å²) in [6, 6.07) is 13.8. The highest BCUT2D eigenvalue weighted by atomic mass is 32.2. The second kappa shape index (κ2) is 5.69. The van der Waals surface area contributed by atoms with Gasteiger partial charge >= 0.3 is 0 Å². The standard InChI is InChI=1S/C17H13NO3S/c1-11-4-2-5-12(8-11)9-15-16(20)18(17(21)22-15)13-6-3-7-14(19)10-13/h2-10,19H,1H3. The fourth-order valence-corrected chi connectivity index (χ4v) is 3.08. The predicted octanol–water partition coefficient (Wildman–Crippen LogP) is 3.94. The fraction of sp³-hybridized carbons (Fsp3) is 0.0588. The monoisotopic (exact) mass is 311 g/mol. The Bertz CT molecular complexity index is 798. The van der Waals surface area contributed by atoms with Gasteiger partial charge in [0.2, 0.25) is 0 Å². The molecule has 1 aliphatic rings. The topological polar surface area (TPSA) is 57.6 Å². The van der Waals surface area contributed by atoms with Gasteiger partial charge in [0.25, 0.3) is 11.1 Å². The third-order valence-electron chi connectivity index (χ3n) is 3.22. The van der Waals surface area contributed by atoms with Crippen LogP contribution in [0.25, 0.3) is 6.08 Å². The van der Waals surface area contributed by atoms with Crippen LogP contribution in [0.1, 0.15) is 11.1 Å². The van der Waals surface area contributed by atoms with Crippen LogP contribution in [-0.2, 0) is 4.79 Å². The molecule has 1 N–H and O–H groups in total. The number of anilines is 1. The Labute approximate surface area is 132 Å². The number of aromatic hydroxyl groups is 1. The number of hydrogen-bond acceptors (Lipinski definition) is 4. The van der Waals surface area contributed by atoms with E-state index in [2.05, 4.69) is 0 Å². The maximum Gasteiger partial charge on any atom is 0.298 e. The van der Waals surface area contributed by atoms with Gasteiger partial charge in [-0.3, -0.25) is 9.59 Å². The van der Waals surface area contributed by atoms with Crippen molar-refractivity contribution >= 4 is 34.7 Å². The number of carbonyl (C=O) groups is 2. The Morgan fingerprint density at radius 3 is 2.59 bits per heavy atom. The maximum absolute atomic E-state index is 12.5. The van der Waals surface area contributed by atoms with E-state index in [1.807, 2.05) is 31.2 Å². The number of phenolic OH excluding ortho intramolecular Hbond substituents is 1. The third-order valence-corrected chi connectivity index (χ3v) is 4.09. The van der Waals surface area contributed by atoms with Gasteiger partial charge in [-0.05, 0) is 42.5 Å². The van der Waals surface area contributed by atoms with Gasteiger partial charge in [0.05, 0.1) is 10.6 Å². The molecular weight excluding hydrogens is 298 g/mol. The number of benzene rings is 2. The molecule has 0 unspecified atom stereocenters. The smallest absolute Gasteiger partial charge is 0.298 e. The van der Waals surface area contributed by atoms with Crippen LogP contribution in [0.5, 0.6) is 5.75 Å². The Morgan fingerprint density at radius 2 is 1.86 bits per heavy atom. The first-order valence-electron chi connectivity index (χ1n) is 6.68. The minimum Gasteiger partial charge on any atom is -0.508 e. The molecule has 2 aromatic rings. The average molecular weight is 311 g/mol. The lowest BCUT2D eigenvalue weighted by Crippen LogP contribution is -2.27. The van der Waals surface area contributed by atoms with Gasteiger partial charge in [-0.2, -0.15) is 0 Å². The van der Waals surface area contributed by atoms with Crippen LogP contribution in [-0.4, -0.2) is 16.3 Å². The molecule has 0 atom stereocenters. The number of aryl methyl sites for hydroxylation is 1. The lowest BCUT2D eigenvalue weighted by molar-refractivity contribution is -0.113. The molecule has 1 heterocycles. The van der Waals surface area contributed by atoms with Crippen LogP contribution in [0.15, 0.2) is 53.4 Å². The van der Waals surface area contributed by atoms with Crippen molar-refractivity contribution in [3.05, 3.63) is 64.6 Å². The molecular formula is C17H13NO3S. The van der Waals surface area contributed by atoms with Crippen molar-refractivity contribution in [3.8, 4) is 5.75 Å². The summed E-state index contributed by atoms with van der Waals surface area (Å²) in [5.74, 6) is -0.360. The molecule has 1 fully saturated rings. The van der Waals surface area contributed by atoms with Crippen LogP contribution in [0.3, 0.4) is 0 Å². The molecule has 0 bridgehead atoms. The summed E-state index contributed by atoms with van der Waals surface area (Å²) in [7, 11) is 0. The summed E-state index contributed by atoms with van der Waals surface area (Å²) < 4.78 is 0. The van der Waals surface area contributed by atoms with Crippen LogP contribution in [0.4, 0.5) is 10.5 Å². The van der Waals surface area contributed by atoms with E-state index >= 15 is 0 Å². The van der Waals surface area contributed by atoms with Gasteiger partial charge in [0.1, 0.15) is 5.75 Å². The Balaban J connectivity index is 1.95. The van der Waals surface area contributed by atoms with Gasteiger partial charge in [-0.1, -0.05) is 35.9 Å². The van der Waals surface area contributed by atoms with E-state index in [-0.39, 0.29) is 16.9 Å². The number of hydrogen-bond donors (Lipinski definition) is 1. The zero-order chi connectivity index (χ0) is 15.7. The fourth-order valence-electron chi connectivity index (χ4n) is 2.23. The summed E-state index contributed by atoms with van der Waals surface area (Å²) in [5, 5.41) is 9.14. The molecule has 0 aliphatic carbocycles. The van der Waals surface area contributed by atoms with Gasteiger partial charge < -0.3 is 5.11 Å². The van der Waals surface area contributed by atoms with Crippen molar-refractivity contribution in [3.63, 3.8) is 0 Å². The molecule has 5 heteroatoms. The first kappa shape index (κ1) is 14.4. The van der Waals surface area contributed by atoms with E-state index in [4.69, 9.17) is 0 Å². The second-order valence-corrected chi connectivity index (χ2v) is 5.94. The molecule has 110 valence electrons. The zero-order valence-electron chi connectivity index (χ0n) is 11.8. The van der Waals surface area contributed by atoms with Gasteiger partial charge in [0.15, 0.2) is 0 Å². The molecule has 1 aliphatic heterocycles. The minimum absolute atomic E-state index is 0.0132. The predicted molar refractivity (Wildman–Crippen MR) is 87.7 cm³/mol. The number of phenols is 1. The van der Waals surface area contributed by atoms with E-state index in [1.165, 1.54) is 12.1 Å². The van der Waals surface area contributed by atoms with Crippen molar-refractivity contribution in [2.24, 2.45) is 0 Å². The molecule has 4 nitrogen and oxygen atoms in total. The van der Waals surface area contributed by atoms with Crippen LogP contribution in [0, 0.1) is 6.92 Å². The van der Waals surface area contributed by atoms with E-state index in [0.29, 0.717) is 10.6 Å². The van der Waals surface area contributed by atoms with Crippen molar-refractivity contribution < 1.29 is 14.7 Å². The minimum atomic E-state index is -0.373. The Kier molecular flexibility index (Phi) is 3.73. The number of nitrogens with zero attached hydrogens (tertiary/aromatic N) is 1. The number of imide groups is 1. The van der Waals surface area contributed by atoms with Crippen molar-refractivity contribution in [1.82, 2.24) is 0 Å². The highest BCUT2D eigenvalue weighted by Gasteiger charge is 2.36. The van der Waals surface area contributed by atoms with Gasteiger partial charge in [-0.25, -0.2) is 4.90 Å². The van der Waals surface area contributed by atoms with Gasteiger partial charge in [0, 0.05) is 6.07 Å².